The van der Waals surface area contributed by atoms with Gasteiger partial charge in [0.1, 0.15) is 11.5 Å². The summed E-state index contributed by atoms with van der Waals surface area (Å²) in [6.45, 7) is 1.42. The Labute approximate surface area is 165 Å². The van der Waals surface area contributed by atoms with E-state index in [0.29, 0.717) is 13.0 Å². The normalized spacial score (nSPS) is 14.0. The SMILES string of the molecule is Cc1ccc(C(O)(CCNC(=O)NCCc2c[nH]c3ccccc23)C(F)(F)F)o1. The van der Waals surface area contributed by atoms with Gasteiger partial charge in [-0.2, -0.15) is 13.2 Å². The Morgan fingerprint density at radius 2 is 1.86 bits per heavy atom. The Kier molecular flexibility index (Phi) is 5.88. The Hall–Kier alpha value is -2.94. The molecule has 0 radical (unpaired) electrons. The molecular weight excluding hydrogens is 387 g/mol. The van der Waals surface area contributed by atoms with Gasteiger partial charge in [0.05, 0.1) is 0 Å². The summed E-state index contributed by atoms with van der Waals surface area (Å²) in [5, 5.41) is 16.2. The average molecular weight is 409 g/mol. The van der Waals surface area contributed by atoms with Crippen molar-refractivity contribution in [2.24, 2.45) is 0 Å². The first-order valence-corrected chi connectivity index (χ1v) is 9.13. The lowest BCUT2D eigenvalue weighted by Crippen LogP contribution is -2.46. The lowest BCUT2D eigenvalue weighted by atomic mass is 9.96. The Bertz CT molecular complexity index is 980. The summed E-state index contributed by atoms with van der Waals surface area (Å²) in [7, 11) is 0. The summed E-state index contributed by atoms with van der Waals surface area (Å²) < 4.78 is 45.1. The second-order valence-electron chi connectivity index (χ2n) is 6.81. The summed E-state index contributed by atoms with van der Waals surface area (Å²) in [5.74, 6) is -0.338. The Balaban J connectivity index is 1.49. The van der Waals surface area contributed by atoms with Crippen molar-refractivity contribution in [2.45, 2.75) is 31.5 Å². The first kappa shape index (κ1) is 20.8. The van der Waals surface area contributed by atoms with E-state index in [-0.39, 0.29) is 12.3 Å². The zero-order valence-corrected chi connectivity index (χ0v) is 15.8. The number of hydrogen-bond acceptors (Lipinski definition) is 3. The van der Waals surface area contributed by atoms with Gasteiger partial charge in [-0.3, -0.25) is 0 Å². The molecule has 0 aliphatic heterocycles. The highest BCUT2D eigenvalue weighted by Crippen LogP contribution is 2.41. The summed E-state index contributed by atoms with van der Waals surface area (Å²) in [6, 6.07) is 9.57. The number of alkyl halides is 3. The van der Waals surface area contributed by atoms with Crippen LogP contribution < -0.4 is 10.6 Å². The number of hydrogen-bond donors (Lipinski definition) is 4. The zero-order valence-electron chi connectivity index (χ0n) is 15.8. The van der Waals surface area contributed by atoms with Crippen molar-refractivity contribution < 1.29 is 27.5 Å². The molecule has 1 aromatic carbocycles. The molecule has 3 aromatic rings. The highest BCUT2D eigenvalue weighted by molar-refractivity contribution is 5.83. The van der Waals surface area contributed by atoms with Crippen molar-refractivity contribution in [3.63, 3.8) is 0 Å². The molecule has 3 rings (SSSR count). The largest absolute Gasteiger partial charge is 0.463 e. The lowest BCUT2D eigenvalue weighted by molar-refractivity contribution is -0.274. The van der Waals surface area contributed by atoms with Crippen molar-refractivity contribution in [1.29, 1.82) is 0 Å². The van der Waals surface area contributed by atoms with Crippen molar-refractivity contribution in [3.05, 3.63) is 59.7 Å². The molecular formula is C20H22F3N3O3. The van der Waals surface area contributed by atoms with Crippen LogP contribution in [0.25, 0.3) is 10.9 Å². The molecule has 9 heteroatoms. The van der Waals surface area contributed by atoms with Crippen LogP contribution in [0.4, 0.5) is 18.0 Å². The number of H-pyrrole nitrogens is 1. The van der Waals surface area contributed by atoms with Crippen LogP contribution in [0.3, 0.4) is 0 Å². The minimum atomic E-state index is -4.94. The molecule has 2 aromatic heterocycles. The highest BCUT2D eigenvalue weighted by atomic mass is 19.4. The van der Waals surface area contributed by atoms with Gasteiger partial charge in [-0.1, -0.05) is 18.2 Å². The number of carbonyl (C=O) groups excluding carboxylic acids is 1. The molecule has 1 atom stereocenters. The van der Waals surface area contributed by atoms with Crippen LogP contribution in [-0.4, -0.2) is 35.4 Å². The molecule has 0 aliphatic rings. The molecule has 0 fully saturated rings. The van der Waals surface area contributed by atoms with Crippen LogP contribution in [0.1, 0.15) is 23.5 Å². The lowest BCUT2D eigenvalue weighted by Gasteiger charge is -2.28. The number of carbonyl (C=O) groups is 1. The van der Waals surface area contributed by atoms with Crippen molar-refractivity contribution >= 4 is 16.9 Å². The fourth-order valence-corrected chi connectivity index (χ4v) is 3.13. The van der Waals surface area contributed by atoms with Gasteiger partial charge in [-0.25, -0.2) is 4.79 Å². The van der Waals surface area contributed by atoms with Crippen LogP contribution in [0.5, 0.6) is 0 Å². The number of halogens is 3. The monoisotopic (exact) mass is 409 g/mol. The third kappa shape index (κ3) is 4.56. The average Bonchev–Trinajstić information content (AvgIpc) is 3.27. The number of aromatic nitrogens is 1. The molecule has 0 bridgehead atoms. The standard InChI is InChI=1S/C20H22F3N3O3/c1-13-6-7-17(29-13)19(28,20(21,22)23)9-11-25-18(27)24-10-8-14-12-26-16-5-3-2-4-15(14)16/h2-7,12,26,28H,8-11H2,1H3,(H2,24,25,27). The first-order valence-electron chi connectivity index (χ1n) is 9.13. The minimum Gasteiger partial charge on any atom is -0.463 e. The molecule has 4 N–H and O–H groups in total. The quantitative estimate of drug-likeness (QED) is 0.479. The van der Waals surface area contributed by atoms with Gasteiger partial charge in [-0.15, -0.1) is 0 Å². The number of rotatable bonds is 7. The summed E-state index contributed by atoms with van der Waals surface area (Å²) in [5.41, 5.74) is -1.15. The minimum absolute atomic E-state index is 0.255. The second kappa shape index (κ2) is 8.20. The number of para-hydroxylation sites is 1. The maximum Gasteiger partial charge on any atom is 0.424 e. The van der Waals surface area contributed by atoms with Crippen molar-refractivity contribution in [1.82, 2.24) is 15.6 Å². The van der Waals surface area contributed by atoms with Crippen LogP contribution in [0, 0.1) is 6.92 Å². The molecule has 2 heterocycles. The van der Waals surface area contributed by atoms with Crippen LogP contribution in [-0.2, 0) is 12.0 Å². The molecule has 0 aliphatic carbocycles. The van der Waals surface area contributed by atoms with Gasteiger partial charge < -0.3 is 25.1 Å². The van der Waals surface area contributed by atoms with Gasteiger partial charge >= 0.3 is 12.2 Å². The fraction of sp³-hybridized carbons (Fsp3) is 0.350. The molecule has 29 heavy (non-hydrogen) atoms. The summed E-state index contributed by atoms with van der Waals surface area (Å²) >= 11 is 0. The molecule has 0 spiro atoms. The van der Waals surface area contributed by atoms with Crippen LogP contribution >= 0.6 is 0 Å². The predicted octanol–water partition coefficient (Wildman–Crippen LogP) is 3.75. The molecule has 6 nitrogen and oxygen atoms in total. The summed E-state index contributed by atoms with van der Waals surface area (Å²) in [6.07, 6.45) is -3.28. The number of aromatic amines is 1. The highest BCUT2D eigenvalue weighted by Gasteiger charge is 2.56. The van der Waals surface area contributed by atoms with E-state index in [9.17, 15) is 23.1 Å². The van der Waals surface area contributed by atoms with Gasteiger partial charge in [0.15, 0.2) is 0 Å². The third-order valence-corrected chi connectivity index (χ3v) is 4.74. The second-order valence-corrected chi connectivity index (χ2v) is 6.81. The van der Waals surface area contributed by atoms with E-state index in [1.54, 1.807) is 0 Å². The maximum atomic E-state index is 13.4. The van der Waals surface area contributed by atoms with Crippen LogP contribution in [0.2, 0.25) is 0 Å². The van der Waals surface area contributed by atoms with E-state index in [4.69, 9.17) is 4.42 Å². The smallest absolute Gasteiger partial charge is 0.424 e. The van der Waals surface area contributed by atoms with Crippen molar-refractivity contribution in [2.75, 3.05) is 13.1 Å². The molecule has 156 valence electrons. The fourth-order valence-electron chi connectivity index (χ4n) is 3.13. The number of furan rings is 1. The Morgan fingerprint density at radius 3 is 2.55 bits per heavy atom. The van der Waals surface area contributed by atoms with E-state index in [1.807, 2.05) is 30.5 Å². The summed E-state index contributed by atoms with van der Waals surface area (Å²) in [4.78, 5) is 15.0. The number of aryl methyl sites for hydroxylation is 1. The van der Waals surface area contributed by atoms with E-state index in [0.717, 1.165) is 22.5 Å². The van der Waals surface area contributed by atoms with Crippen LogP contribution in [0.15, 0.2) is 47.0 Å². The van der Waals surface area contributed by atoms with Gasteiger partial charge in [-0.05, 0) is 37.1 Å². The van der Waals surface area contributed by atoms with E-state index >= 15 is 0 Å². The number of amides is 2. The first-order chi connectivity index (χ1) is 13.7. The molecule has 2 amide bonds. The van der Waals surface area contributed by atoms with Gasteiger partial charge in [0.2, 0.25) is 5.60 Å². The molecule has 0 saturated heterocycles. The van der Waals surface area contributed by atoms with Gasteiger partial charge in [0, 0.05) is 36.6 Å². The number of benzene rings is 1. The zero-order chi connectivity index (χ0) is 21.1. The number of aliphatic hydroxyl groups is 1. The predicted molar refractivity (Wildman–Crippen MR) is 101 cm³/mol. The number of urea groups is 1. The molecule has 0 saturated carbocycles. The number of nitrogens with one attached hydrogen (secondary N) is 3. The van der Waals surface area contributed by atoms with E-state index in [2.05, 4.69) is 15.6 Å². The van der Waals surface area contributed by atoms with E-state index < -0.39 is 30.0 Å². The Morgan fingerprint density at radius 1 is 1.14 bits per heavy atom. The number of fused-ring (bicyclic) bond motifs is 1. The molecule has 1 unspecified atom stereocenters. The van der Waals surface area contributed by atoms with E-state index in [1.165, 1.54) is 13.0 Å². The van der Waals surface area contributed by atoms with Crippen molar-refractivity contribution in [3.8, 4) is 0 Å². The maximum absolute atomic E-state index is 13.4. The third-order valence-electron chi connectivity index (χ3n) is 4.74. The van der Waals surface area contributed by atoms with Gasteiger partial charge in [0.25, 0.3) is 0 Å². The topological polar surface area (TPSA) is 90.3 Å².